The van der Waals surface area contributed by atoms with Crippen LogP contribution in [0.5, 0.6) is 0 Å². The van der Waals surface area contributed by atoms with Crippen LogP contribution in [0.3, 0.4) is 0 Å². The van der Waals surface area contributed by atoms with E-state index in [1.807, 2.05) is 0 Å². The van der Waals surface area contributed by atoms with Gasteiger partial charge in [-0.1, -0.05) is 0 Å². The molecule has 17 heteroatoms. The quantitative estimate of drug-likeness (QED) is 0.135. The lowest BCUT2D eigenvalue weighted by atomic mass is 9.94. The Labute approximate surface area is 210 Å². The minimum absolute atomic E-state index is 0.694. The molecule has 3 heterocycles. The van der Waals surface area contributed by atoms with E-state index in [0.29, 0.717) is 0 Å². The van der Waals surface area contributed by atoms with Crippen LogP contribution in [0, 0.1) is 0 Å². The van der Waals surface area contributed by atoms with Crippen molar-refractivity contribution in [1.82, 2.24) is 5.32 Å². The van der Waals surface area contributed by atoms with Crippen molar-refractivity contribution in [1.29, 1.82) is 0 Å². The molecule has 37 heavy (non-hydrogen) atoms. The molecule has 1 amide bonds. The molecule has 3 aliphatic heterocycles. The molecule has 0 aromatic carbocycles. The zero-order chi connectivity index (χ0) is 27.6. The highest BCUT2D eigenvalue weighted by atomic mass is 16.7. The first-order valence-corrected chi connectivity index (χ1v) is 11.6. The summed E-state index contributed by atoms with van der Waals surface area (Å²) in [6.07, 6.45) is -23.4. The van der Waals surface area contributed by atoms with Gasteiger partial charge in [0.2, 0.25) is 5.91 Å². The summed E-state index contributed by atoms with van der Waals surface area (Å²) in [4.78, 5) is 12.0. The van der Waals surface area contributed by atoms with Crippen molar-refractivity contribution in [3.8, 4) is 0 Å². The highest BCUT2D eigenvalue weighted by molar-refractivity contribution is 5.73. The van der Waals surface area contributed by atoms with Crippen LogP contribution in [0.2, 0.25) is 0 Å². The number of nitrogens with one attached hydrogen (secondary N) is 1. The molecular formula is C20H35NO16. The van der Waals surface area contributed by atoms with Crippen molar-refractivity contribution in [2.75, 3.05) is 19.8 Å². The topological polar surface area (TPSA) is 278 Å². The normalized spacial score (nSPS) is 49.0. The fraction of sp³-hybridized carbons (Fsp3) is 0.950. The molecule has 0 saturated carbocycles. The molecule has 0 bridgehead atoms. The van der Waals surface area contributed by atoms with Gasteiger partial charge in [0.05, 0.1) is 19.8 Å². The lowest BCUT2D eigenvalue weighted by Crippen LogP contribution is -2.69. The van der Waals surface area contributed by atoms with Gasteiger partial charge in [0, 0.05) is 6.92 Å². The Bertz CT molecular complexity index is 745. The largest absolute Gasteiger partial charge is 0.394 e. The van der Waals surface area contributed by atoms with Gasteiger partial charge in [0.25, 0.3) is 0 Å². The number of hydrogen-bond donors (Lipinski definition) is 11. The van der Waals surface area contributed by atoms with E-state index >= 15 is 0 Å². The van der Waals surface area contributed by atoms with E-state index in [0.717, 1.165) is 6.92 Å². The Morgan fingerprint density at radius 3 is 1.70 bits per heavy atom. The van der Waals surface area contributed by atoms with Gasteiger partial charge in [-0.3, -0.25) is 4.79 Å². The molecule has 3 rings (SSSR count). The van der Waals surface area contributed by atoms with E-state index < -0.39 is 118 Å². The van der Waals surface area contributed by atoms with Gasteiger partial charge in [-0.2, -0.15) is 0 Å². The molecule has 3 fully saturated rings. The van der Waals surface area contributed by atoms with Gasteiger partial charge in [0.1, 0.15) is 73.2 Å². The number of carbonyl (C=O) groups is 1. The third-order valence-electron chi connectivity index (χ3n) is 6.50. The van der Waals surface area contributed by atoms with E-state index in [2.05, 4.69) is 5.32 Å². The van der Waals surface area contributed by atoms with E-state index in [1.54, 1.807) is 0 Å². The average Bonchev–Trinajstić information content (AvgIpc) is 2.86. The van der Waals surface area contributed by atoms with Crippen molar-refractivity contribution in [3.05, 3.63) is 0 Å². The van der Waals surface area contributed by atoms with Crippen molar-refractivity contribution < 1.29 is 79.5 Å². The molecule has 1 unspecified atom stereocenters. The summed E-state index contributed by atoms with van der Waals surface area (Å²) in [6, 6.07) is -1.48. The number of ether oxygens (including phenoxy) is 5. The van der Waals surface area contributed by atoms with Crippen LogP contribution < -0.4 is 5.32 Å². The third-order valence-corrected chi connectivity index (χ3v) is 6.50. The number of aliphatic hydroxyl groups is 10. The van der Waals surface area contributed by atoms with E-state index in [4.69, 9.17) is 23.7 Å². The number of aliphatic hydroxyl groups excluding tert-OH is 10. The van der Waals surface area contributed by atoms with Crippen LogP contribution in [0.1, 0.15) is 6.92 Å². The smallest absolute Gasteiger partial charge is 0.217 e. The van der Waals surface area contributed by atoms with E-state index in [-0.39, 0.29) is 0 Å². The van der Waals surface area contributed by atoms with Crippen LogP contribution in [0.4, 0.5) is 0 Å². The van der Waals surface area contributed by atoms with Crippen molar-refractivity contribution in [2.24, 2.45) is 0 Å². The maximum atomic E-state index is 12.0. The lowest BCUT2D eigenvalue weighted by Gasteiger charge is -2.49. The predicted molar refractivity (Wildman–Crippen MR) is 113 cm³/mol. The summed E-state index contributed by atoms with van der Waals surface area (Å²) in [5, 5.41) is 103. The molecule has 0 spiro atoms. The molecule has 0 radical (unpaired) electrons. The second-order valence-electron chi connectivity index (χ2n) is 9.07. The molecule has 15 atom stereocenters. The second-order valence-corrected chi connectivity index (χ2v) is 9.07. The SMILES string of the molecule is CC(=O)N[C@H]1[C@H](O[C@@H]2C(O)O[C@H](CO)[C@@H](O)[C@@H]2O)O[C@H](CO)[C@@H](O)[C@@H]1O[C@@H]1O[C@H](CO)[C@H](O)[C@H](O)[C@H]1O. The first kappa shape index (κ1) is 30.4. The molecule has 216 valence electrons. The van der Waals surface area contributed by atoms with E-state index in [1.165, 1.54) is 0 Å². The van der Waals surface area contributed by atoms with Gasteiger partial charge in [-0.15, -0.1) is 0 Å². The lowest BCUT2D eigenvalue weighted by molar-refractivity contribution is -0.367. The van der Waals surface area contributed by atoms with Crippen LogP contribution in [0.15, 0.2) is 0 Å². The third kappa shape index (κ3) is 6.38. The monoisotopic (exact) mass is 545 g/mol. The number of rotatable bonds is 8. The van der Waals surface area contributed by atoms with Crippen LogP contribution in [0.25, 0.3) is 0 Å². The molecule has 0 aromatic heterocycles. The summed E-state index contributed by atoms with van der Waals surface area (Å²) in [5.74, 6) is -0.694. The molecular weight excluding hydrogens is 510 g/mol. The average molecular weight is 545 g/mol. The number of hydrogen-bond acceptors (Lipinski definition) is 16. The molecule has 3 aliphatic rings. The summed E-state index contributed by atoms with van der Waals surface area (Å²) in [6.45, 7) is -1.22. The summed E-state index contributed by atoms with van der Waals surface area (Å²) in [5.41, 5.74) is 0. The number of carbonyl (C=O) groups excluding carboxylic acids is 1. The highest BCUT2D eigenvalue weighted by Crippen LogP contribution is 2.32. The molecule has 3 saturated heterocycles. The second kappa shape index (κ2) is 12.8. The predicted octanol–water partition coefficient (Wildman–Crippen LogP) is -7.43. The first-order chi connectivity index (χ1) is 17.4. The summed E-state index contributed by atoms with van der Waals surface area (Å²) < 4.78 is 27.1. The van der Waals surface area contributed by atoms with Crippen molar-refractivity contribution in [3.63, 3.8) is 0 Å². The number of amides is 1. The first-order valence-electron chi connectivity index (χ1n) is 11.6. The minimum Gasteiger partial charge on any atom is -0.394 e. The van der Waals surface area contributed by atoms with Gasteiger partial charge in [0.15, 0.2) is 18.9 Å². The van der Waals surface area contributed by atoms with E-state index in [9.17, 15) is 55.9 Å². The van der Waals surface area contributed by atoms with Gasteiger partial charge < -0.3 is 80.1 Å². The summed E-state index contributed by atoms with van der Waals surface area (Å²) in [7, 11) is 0. The Hall–Kier alpha value is -1.13. The molecule has 0 aliphatic carbocycles. The Kier molecular flexibility index (Phi) is 10.5. The molecule has 0 aromatic rings. The Morgan fingerprint density at radius 2 is 1.14 bits per heavy atom. The highest BCUT2D eigenvalue weighted by Gasteiger charge is 2.54. The standard InChI is InChI=1S/C20H35NO16/c1-5(25)21-9-16(36-20-15(31)13(29)10(26)7(3-23)35-20)12(28)8(4-24)34-19(9)37-17-14(30)11(27)6(2-22)33-18(17)32/h6-20,22-24,26-32H,2-4H2,1H3,(H,21,25)/t6-,7-,8-,9-,10+,11-,12-,13+,14+,15-,16-,17+,18?,19+,20+/m1/s1. The van der Waals surface area contributed by atoms with Crippen LogP contribution in [-0.4, -0.2) is 169 Å². The van der Waals surface area contributed by atoms with Crippen molar-refractivity contribution >= 4 is 5.91 Å². The minimum atomic E-state index is -1.89. The van der Waals surface area contributed by atoms with Crippen LogP contribution in [-0.2, 0) is 28.5 Å². The molecule has 17 nitrogen and oxygen atoms in total. The fourth-order valence-corrected chi connectivity index (χ4v) is 4.44. The molecule has 11 N–H and O–H groups in total. The zero-order valence-electron chi connectivity index (χ0n) is 19.7. The maximum absolute atomic E-state index is 12.0. The Morgan fingerprint density at radius 1 is 0.649 bits per heavy atom. The van der Waals surface area contributed by atoms with Crippen molar-refractivity contribution in [2.45, 2.75) is 99.0 Å². The fourth-order valence-electron chi connectivity index (χ4n) is 4.44. The summed E-state index contributed by atoms with van der Waals surface area (Å²) >= 11 is 0. The van der Waals surface area contributed by atoms with Gasteiger partial charge in [-0.25, -0.2) is 0 Å². The van der Waals surface area contributed by atoms with Crippen LogP contribution >= 0.6 is 0 Å². The maximum Gasteiger partial charge on any atom is 0.217 e. The zero-order valence-corrected chi connectivity index (χ0v) is 19.7. The Balaban J connectivity index is 1.88. The van der Waals surface area contributed by atoms with Gasteiger partial charge >= 0.3 is 0 Å². The van der Waals surface area contributed by atoms with Gasteiger partial charge in [-0.05, 0) is 0 Å².